The van der Waals surface area contributed by atoms with Crippen LogP contribution in [-0.2, 0) is 11.2 Å². The second kappa shape index (κ2) is 7.70. The number of rotatable bonds is 5. The molecule has 1 fully saturated rings. The predicted molar refractivity (Wildman–Crippen MR) is 105 cm³/mol. The minimum Gasteiger partial charge on any atom is -0.483 e. The van der Waals surface area contributed by atoms with Crippen molar-refractivity contribution in [2.24, 2.45) is 0 Å². The number of hydrogen-bond acceptors (Lipinski definition) is 5. The molecule has 3 heterocycles. The van der Waals surface area contributed by atoms with Gasteiger partial charge in [0.2, 0.25) is 5.88 Å². The van der Waals surface area contributed by atoms with Crippen molar-refractivity contribution in [3.05, 3.63) is 48.2 Å². The summed E-state index contributed by atoms with van der Waals surface area (Å²) in [5, 5.41) is 0. The zero-order valence-electron chi connectivity index (χ0n) is 16.4. The quantitative estimate of drug-likeness (QED) is 0.794. The number of pyridine rings is 1. The van der Waals surface area contributed by atoms with Crippen molar-refractivity contribution in [3.8, 4) is 17.4 Å². The number of piperidine rings is 1. The maximum atomic E-state index is 12.6. The van der Waals surface area contributed by atoms with Crippen LogP contribution in [0.5, 0.6) is 17.4 Å². The number of ether oxygens (including phenoxy) is 3. The van der Waals surface area contributed by atoms with E-state index in [9.17, 15) is 4.79 Å². The van der Waals surface area contributed by atoms with Gasteiger partial charge in [-0.05, 0) is 26.0 Å². The first-order valence-corrected chi connectivity index (χ1v) is 9.79. The zero-order valence-corrected chi connectivity index (χ0v) is 16.4. The van der Waals surface area contributed by atoms with Crippen LogP contribution >= 0.6 is 0 Å². The summed E-state index contributed by atoms with van der Waals surface area (Å²) < 4.78 is 17.7. The van der Waals surface area contributed by atoms with Gasteiger partial charge in [0.15, 0.2) is 18.1 Å². The molecule has 2 aromatic rings. The van der Waals surface area contributed by atoms with Gasteiger partial charge in [-0.25, -0.2) is 4.98 Å². The molecule has 6 nitrogen and oxygen atoms in total. The third kappa shape index (κ3) is 4.21. The molecule has 0 bridgehead atoms. The minimum absolute atomic E-state index is 0.00820. The molecular formula is C22H26N2O4. The van der Waals surface area contributed by atoms with E-state index >= 15 is 0 Å². The number of fused-ring (bicyclic) bond motifs is 1. The van der Waals surface area contributed by atoms with Crippen molar-refractivity contribution in [2.45, 2.75) is 44.8 Å². The highest BCUT2D eigenvalue weighted by Crippen LogP contribution is 2.41. The van der Waals surface area contributed by atoms with Gasteiger partial charge in [-0.3, -0.25) is 4.79 Å². The van der Waals surface area contributed by atoms with Crippen molar-refractivity contribution in [3.63, 3.8) is 0 Å². The number of para-hydroxylation sites is 1. The lowest BCUT2D eigenvalue weighted by Gasteiger charge is -2.31. The second-order valence-electron chi connectivity index (χ2n) is 7.94. The van der Waals surface area contributed by atoms with Crippen LogP contribution in [0.25, 0.3) is 0 Å². The lowest BCUT2D eigenvalue weighted by Crippen LogP contribution is -2.43. The van der Waals surface area contributed by atoms with E-state index in [1.165, 1.54) is 0 Å². The zero-order chi connectivity index (χ0) is 19.6. The van der Waals surface area contributed by atoms with Crippen LogP contribution in [0.2, 0.25) is 0 Å². The standard InChI is InChI=1S/C22H26N2O4/c1-22(2)14-16-6-5-7-18(21(16)28-22)26-15-20(25)24-12-9-17(10-13-24)27-19-8-3-4-11-23-19/h3-8,11,17H,9-10,12-15H2,1-2H3. The summed E-state index contributed by atoms with van der Waals surface area (Å²) in [6.07, 6.45) is 4.24. The van der Waals surface area contributed by atoms with E-state index in [0.29, 0.717) is 24.7 Å². The number of likely N-dealkylation sites (tertiary alicyclic amines) is 1. The number of hydrogen-bond donors (Lipinski definition) is 0. The molecule has 2 aliphatic heterocycles. The Labute approximate surface area is 165 Å². The van der Waals surface area contributed by atoms with Gasteiger partial charge >= 0.3 is 0 Å². The number of amides is 1. The summed E-state index contributed by atoms with van der Waals surface area (Å²) in [6.45, 7) is 5.45. The molecule has 0 N–H and O–H groups in total. The lowest BCUT2D eigenvalue weighted by molar-refractivity contribution is -0.135. The SMILES string of the molecule is CC1(C)Cc2cccc(OCC(=O)N3CCC(Oc4ccccn4)CC3)c2O1. The molecule has 0 radical (unpaired) electrons. The Bertz CT molecular complexity index is 830. The average Bonchev–Trinajstić information content (AvgIpc) is 3.02. The third-order valence-corrected chi connectivity index (χ3v) is 5.13. The minimum atomic E-state index is -0.235. The van der Waals surface area contributed by atoms with Crippen LogP contribution in [0.4, 0.5) is 0 Å². The Morgan fingerprint density at radius 3 is 2.79 bits per heavy atom. The molecule has 1 amide bonds. The van der Waals surface area contributed by atoms with Crippen molar-refractivity contribution < 1.29 is 19.0 Å². The van der Waals surface area contributed by atoms with E-state index in [-0.39, 0.29) is 24.2 Å². The van der Waals surface area contributed by atoms with Crippen LogP contribution in [0.15, 0.2) is 42.6 Å². The van der Waals surface area contributed by atoms with E-state index < -0.39 is 0 Å². The Balaban J connectivity index is 1.28. The molecule has 6 heteroatoms. The topological polar surface area (TPSA) is 60.9 Å². The summed E-state index contributed by atoms with van der Waals surface area (Å²) in [6, 6.07) is 11.5. The normalized spacial score (nSPS) is 18.3. The van der Waals surface area contributed by atoms with Gasteiger partial charge < -0.3 is 19.1 Å². The van der Waals surface area contributed by atoms with Gasteiger partial charge in [0.25, 0.3) is 5.91 Å². The van der Waals surface area contributed by atoms with Gasteiger partial charge in [-0.1, -0.05) is 18.2 Å². The molecule has 0 aliphatic carbocycles. The van der Waals surface area contributed by atoms with Crippen molar-refractivity contribution in [1.29, 1.82) is 0 Å². The Morgan fingerprint density at radius 1 is 1.21 bits per heavy atom. The highest BCUT2D eigenvalue weighted by Gasteiger charge is 2.32. The molecule has 4 rings (SSSR count). The van der Waals surface area contributed by atoms with Crippen molar-refractivity contribution in [2.75, 3.05) is 19.7 Å². The number of nitrogens with zero attached hydrogens (tertiary/aromatic N) is 2. The number of carbonyl (C=O) groups is 1. The van der Waals surface area contributed by atoms with Crippen molar-refractivity contribution >= 4 is 5.91 Å². The lowest BCUT2D eigenvalue weighted by atomic mass is 10.0. The second-order valence-corrected chi connectivity index (χ2v) is 7.94. The number of carbonyl (C=O) groups excluding carboxylic acids is 1. The van der Waals surface area contributed by atoms with Crippen LogP contribution < -0.4 is 14.2 Å². The van der Waals surface area contributed by atoms with E-state index in [1.54, 1.807) is 6.20 Å². The van der Waals surface area contributed by atoms with E-state index in [2.05, 4.69) is 18.8 Å². The largest absolute Gasteiger partial charge is 0.483 e. The summed E-state index contributed by atoms with van der Waals surface area (Å²) >= 11 is 0. The van der Waals surface area contributed by atoms with Crippen molar-refractivity contribution in [1.82, 2.24) is 9.88 Å². The Morgan fingerprint density at radius 2 is 2.04 bits per heavy atom. The van der Waals surface area contributed by atoms with Crippen LogP contribution in [0.3, 0.4) is 0 Å². The van der Waals surface area contributed by atoms with Crippen LogP contribution in [-0.4, -0.2) is 47.2 Å². The number of aromatic nitrogens is 1. The molecule has 0 atom stereocenters. The van der Waals surface area contributed by atoms with Gasteiger partial charge in [0, 0.05) is 50.2 Å². The first-order chi connectivity index (χ1) is 13.5. The summed E-state index contributed by atoms with van der Waals surface area (Å²) in [7, 11) is 0. The molecule has 148 valence electrons. The van der Waals surface area contributed by atoms with Gasteiger partial charge in [0.1, 0.15) is 11.7 Å². The van der Waals surface area contributed by atoms with Crippen LogP contribution in [0.1, 0.15) is 32.3 Å². The van der Waals surface area contributed by atoms with Gasteiger partial charge in [0.05, 0.1) is 0 Å². The molecule has 0 spiro atoms. The molecule has 28 heavy (non-hydrogen) atoms. The molecule has 1 aromatic carbocycles. The molecule has 2 aliphatic rings. The predicted octanol–water partition coefficient (Wildman–Crippen LogP) is 3.24. The summed E-state index contributed by atoms with van der Waals surface area (Å²) in [5.41, 5.74) is 0.892. The molecular weight excluding hydrogens is 356 g/mol. The van der Waals surface area contributed by atoms with E-state index in [1.807, 2.05) is 41.3 Å². The van der Waals surface area contributed by atoms with E-state index in [0.717, 1.165) is 30.6 Å². The first-order valence-electron chi connectivity index (χ1n) is 9.79. The van der Waals surface area contributed by atoms with Gasteiger partial charge in [-0.2, -0.15) is 0 Å². The maximum Gasteiger partial charge on any atom is 0.260 e. The smallest absolute Gasteiger partial charge is 0.260 e. The Kier molecular flexibility index (Phi) is 5.11. The fraction of sp³-hybridized carbons (Fsp3) is 0.455. The van der Waals surface area contributed by atoms with Crippen LogP contribution in [0, 0.1) is 0 Å². The van der Waals surface area contributed by atoms with E-state index in [4.69, 9.17) is 14.2 Å². The highest BCUT2D eigenvalue weighted by molar-refractivity contribution is 5.78. The summed E-state index contributed by atoms with van der Waals surface area (Å²) in [4.78, 5) is 18.6. The monoisotopic (exact) mass is 382 g/mol. The molecule has 0 saturated carbocycles. The van der Waals surface area contributed by atoms with Gasteiger partial charge in [-0.15, -0.1) is 0 Å². The molecule has 1 aromatic heterocycles. The fourth-order valence-corrected chi connectivity index (χ4v) is 3.74. The first kappa shape index (κ1) is 18.6. The summed E-state index contributed by atoms with van der Waals surface area (Å²) in [5.74, 6) is 2.04. The molecule has 0 unspecified atom stereocenters. The Hall–Kier alpha value is -2.76. The maximum absolute atomic E-state index is 12.6. The third-order valence-electron chi connectivity index (χ3n) is 5.13. The molecule has 1 saturated heterocycles. The highest BCUT2D eigenvalue weighted by atomic mass is 16.5. The number of benzene rings is 1. The average molecular weight is 382 g/mol. The fourth-order valence-electron chi connectivity index (χ4n) is 3.74.